The van der Waals surface area contributed by atoms with Crippen LogP contribution in [0.25, 0.3) is 0 Å². The van der Waals surface area contributed by atoms with Gasteiger partial charge in [-0.15, -0.1) is 0 Å². The number of benzene rings is 2. The number of carbonyl (C=O) groups excluding carboxylic acids is 3. The maximum atomic E-state index is 13.8. The second-order valence-electron chi connectivity index (χ2n) is 7.05. The summed E-state index contributed by atoms with van der Waals surface area (Å²) < 4.78 is 76.4. The average Bonchev–Trinajstić information content (AvgIpc) is 2.80. The van der Waals surface area contributed by atoms with Gasteiger partial charge in [-0.05, 0) is 43.3 Å². The number of alkyl halides is 3. The van der Waals surface area contributed by atoms with E-state index < -0.39 is 57.7 Å². The summed E-state index contributed by atoms with van der Waals surface area (Å²) in [7, 11) is 0. The number of anilines is 1. The minimum atomic E-state index is -4.70. The number of hydrogen-bond acceptors (Lipinski definition) is 6. The number of urea groups is 1. The van der Waals surface area contributed by atoms with Crippen molar-refractivity contribution in [3.05, 3.63) is 82.0 Å². The molecule has 1 aromatic heterocycles. The van der Waals surface area contributed by atoms with E-state index in [1.807, 2.05) is 0 Å². The minimum absolute atomic E-state index is 0.0571. The maximum absolute atomic E-state index is 13.8. The largest absolute Gasteiger partial charge is 0.462 e. The van der Waals surface area contributed by atoms with Gasteiger partial charge in [0, 0.05) is 11.9 Å². The van der Waals surface area contributed by atoms with E-state index in [9.17, 15) is 36.3 Å². The molecule has 0 aliphatic rings. The topological polar surface area (TPSA) is 107 Å². The summed E-state index contributed by atoms with van der Waals surface area (Å²) in [5, 5.41) is 3.45. The van der Waals surface area contributed by atoms with E-state index in [0.717, 1.165) is 30.3 Å². The summed E-state index contributed by atoms with van der Waals surface area (Å²) in [4.78, 5) is 40.3. The normalized spacial score (nSPS) is 11.0. The Hall–Kier alpha value is -4.26. The van der Waals surface area contributed by atoms with E-state index in [-0.39, 0.29) is 23.6 Å². The molecule has 0 atom stereocenters. The number of hydrogen-bond donors (Lipinski definition) is 2. The average molecular weight is 544 g/mol. The van der Waals surface area contributed by atoms with Gasteiger partial charge in [0.2, 0.25) is 5.88 Å². The van der Waals surface area contributed by atoms with Crippen LogP contribution in [0.5, 0.6) is 11.6 Å². The number of amides is 3. The van der Waals surface area contributed by atoms with E-state index in [2.05, 4.69) is 10.3 Å². The second-order valence-corrected chi connectivity index (χ2v) is 7.45. The van der Waals surface area contributed by atoms with Crippen molar-refractivity contribution >= 4 is 35.2 Å². The van der Waals surface area contributed by atoms with Gasteiger partial charge in [0.1, 0.15) is 33.5 Å². The molecule has 3 amide bonds. The molecule has 2 N–H and O–H groups in total. The molecule has 0 aliphatic heterocycles. The first-order valence-corrected chi connectivity index (χ1v) is 10.6. The number of esters is 1. The van der Waals surface area contributed by atoms with Crippen LogP contribution in [0.1, 0.15) is 33.2 Å². The molecular weight excluding hydrogens is 529 g/mol. The van der Waals surface area contributed by atoms with Crippen LogP contribution in [0.2, 0.25) is 5.02 Å². The van der Waals surface area contributed by atoms with Gasteiger partial charge in [-0.3, -0.25) is 10.1 Å². The fraction of sp³-hybridized carbons (Fsp3) is 0.130. The van der Waals surface area contributed by atoms with Crippen molar-refractivity contribution in [3.8, 4) is 11.6 Å². The van der Waals surface area contributed by atoms with E-state index >= 15 is 0 Å². The fourth-order valence-corrected chi connectivity index (χ4v) is 3.07. The highest BCUT2D eigenvalue weighted by Crippen LogP contribution is 2.36. The van der Waals surface area contributed by atoms with Crippen molar-refractivity contribution in [1.29, 1.82) is 0 Å². The Bertz CT molecular complexity index is 1350. The van der Waals surface area contributed by atoms with Crippen molar-refractivity contribution in [2.24, 2.45) is 0 Å². The summed E-state index contributed by atoms with van der Waals surface area (Å²) in [6.45, 7) is 1.45. The van der Waals surface area contributed by atoms with Crippen LogP contribution >= 0.6 is 11.6 Å². The molecule has 0 aliphatic carbocycles. The van der Waals surface area contributed by atoms with Crippen molar-refractivity contribution in [2.45, 2.75) is 13.1 Å². The maximum Gasteiger partial charge on any atom is 0.417 e. The predicted molar refractivity (Wildman–Crippen MR) is 120 cm³/mol. The monoisotopic (exact) mass is 543 g/mol. The lowest BCUT2D eigenvalue weighted by Gasteiger charge is -2.14. The standard InChI is InChI=1S/C23H15ClF5N3O5/c1-2-36-21(34)13-9-12(31-22(35)32-19(33)18-15(25)4-3-5-16(18)26)6-7-17(13)37-20-14(24)8-11(10-30-20)23(27,28)29/h3-10H,2H2,1H3,(H2,31,32,33,35). The quantitative estimate of drug-likeness (QED) is 0.293. The Labute approximate surface area is 210 Å². The minimum Gasteiger partial charge on any atom is -0.462 e. The third-order valence-corrected chi connectivity index (χ3v) is 4.76. The highest BCUT2D eigenvalue weighted by Gasteiger charge is 2.32. The zero-order chi connectivity index (χ0) is 27.3. The number of imide groups is 1. The summed E-state index contributed by atoms with van der Waals surface area (Å²) in [5.41, 5.74) is -2.47. The van der Waals surface area contributed by atoms with Crippen molar-refractivity contribution < 1.29 is 45.8 Å². The Balaban J connectivity index is 1.83. The molecule has 3 aromatic rings. The Morgan fingerprint density at radius 2 is 1.73 bits per heavy atom. The molecule has 1 heterocycles. The molecule has 0 unspecified atom stereocenters. The number of pyridine rings is 1. The summed E-state index contributed by atoms with van der Waals surface area (Å²) in [6, 6.07) is 5.51. The van der Waals surface area contributed by atoms with Gasteiger partial charge in [0.05, 0.1) is 12.2 Å². The third-order valence-electron chi connectivity index (χ3n) is 4.49. The number of carbonyl (C=O) groups is 3. The van der Waals surface area contributed by atoms with Gasteiger partial charge in [0.25, 0.3) is 5.91 Å². The van der Waals surface area contributed by atoms with E-state index in [1.54, 1.807) is 5.32 Å². The van der Waals surface area contributed by atoms with Crippen LogP contribution in [0.15, 0.2) is 48.7 Å². The van der Waals surface area contributed by atoms with E-state index in [1.165, 1.54) is 13.0 Å². The number of rotatable bonds is 6. The van der Waals surface area contributed by atoms with Gasteiger partial charge in [-0.25, -0.2) is 23.4 Å². The lowest BCUT2D eigenvalue weighted by Crippen LogP contribution is -2.35. The second kappa shape index (κ2) is 11.2. The molecule has 8 nitrogen and oxygen atoms in total. The van der Waals surface area contributed by atoms with E-state index in [0.29, 0.717) is 12.3 Å². The van der Waals surface area contributed by atoms with Crippen molar-refractivity contribution in [2.75, 3.05) is 11.9 Å². The summed E-state index contributed by atoms with van der Waals surface area (Å²) >= 11 is 5.85. The Kier molecular flexibility index (Phi) is 8.28. The Morgan fingerprint density at radius 1 is 1.05 bits per heavy atom. The molecular formula is C23H15ClF5N3O5. The first kappa shape index (κ1) is 27.3. The molecule has 0 saturated heterocycles. The van der Waals surface area contributed by atoms with Crippen molar-refractivity contribution in [3.63, 3.8) is 0 Å². The molecule has 3 rings (SSSR count). The van der Waals surface area contributed by atoms with Crippen LogP contribution in [0, 0.1) is 11.6 Å². The van der Waals surface area contributed by atoms with Crippen LogP contribution < -0.4 is 15.4 Å². The van der Waals surface area contributed by atoms with Gasteiger partial charge in [-0.2, -0.15) is 13.2 Å². The van der Waals surface area contributed by atoms with Crippen LogP contribution in [-0.4, -0.2) is 29.5 Å². The van der Waals surface area contributed by atoms with Gasteiger partial charge < -0.3 is 14.8 Å². The molecule has 0 bridgehead atoms. The van der Waals surface area contributed by atoms with Gasteiger partial charge in [-0.1, -0.05) is 17.7 Å². The number of aromatic nitrogens is 1. The smallest absolute Gasteiger partial charge is 0.417 e. The molecule has 0 saturated carbocycles. The van der Waals surface area contributed by atoms with Crippen LogP contribution in [0.4, 0.5) is 32.4 Å². The zero-order valence-corrected chi connectivity index (χ0v) is 19.3. The lowest BCUT2D eigenvalue weighted by atomic mass is 10.1. The number of ether oxygens (including phenoxy) is 2. The number of nitrogens with zero attached hydrogens (tertiary/aromatic N) is 1. The van der Waals surface area contributed by atoms with Crippen LogP contribution in [0.3, 0.4) is 0 Å². The first-order chi connectivity index (χ1) is 17.4. The van der Waals surface area contributed by atoms with Gasteiger partial charge >= 0.3 is 18.2 Å². The highest BCUT2D eigenvalue weighted by atomic mass is 35.5. The SMILES string of the molecule is CCOC(=O)c1cc(NC(=O)NC(=O)c2c(F)cccc2F)ccc1Oc1ncc(C(F)(F)F)cc1Cl. The van der Waals surface area contributed by atoms with Crippen molar-refractivity contribution in [1.82, 2.24) is 10.3 Å². The number of halogens is 6. The fourth-order valence-electron chi connectivity index (χ4n) is 2.87. The molecule has 2 aromatic carbocycles. The molecule has 0 radical (unpaired) electrons. The third kappa shape index (κ3) is 6.70. The summed E-state index contributed by atoms with van der Waals surface area (Å²) in [5.74, 6) is -5.35. The van der Waals surface area contributed by atoms with Gasteiger partial charge in [0.15, 0.2) is 0 Å². The highest BCUT2D eigenvalue weighted by molar-refractivity contribution is 6.31. The molecule has 14 heteroatoms. The molecule has 37 heavy (non-hydrogen) atoms. The molecule has 194 valence electrons. The molecule has 0 fully saturated rings. The molecule has 0 spiro atoms. The number of nitrogens with one attached hydrogen (secondary N) is 2. The van der Waals surface area contributed by atoms with E-state index in [4.69, 9.17) is 21.1 Å². The summed E-state index contributed by atoms with van der Waals surface area (Å²) in [6.07, 6.45) is -4.21. The Morgan fingerprint density at radius 3 is 2.32 bits per heavy atom. The lowest BCUT2D eigenvalue weighted by molar-refractivity contribution is -0.137. The zero-order valence-electron chi connectivity index (χ0n) is 18.6. The predicted octanol–water partition coefficient (Wildman–Crippen LogP) is 5.96. The van der Waals surface area contributed by atoms with Crippen LogP contribution in [-0.2, 0) is 10.9 Å². The first-order valence-electron chi connectivity index (χ1n) is 10.2.